The van der Waals surface area contributed by atoms with Crippen LogP contribution in [0.3, 0.4) is 0 Å². The van der Waals surface area contributed by atoms with Crippen molar-refractivity contribution in [3.05, 3.63) is 46.8 Å². The van der Waals surface area contributed by atoms with Gasteiger partial charge in [-0.05, 0) is 55.7 Å². The number of rotatable bonds is 4. The molecular formula is C23H23ClF3N3O3. The van der Waals surface area contributed by atoms with Crippen molar-refractivity contribution in [1.82, 2.24) is 9.55 Å². The number of imidazole rings is 1. The summed E-state index contributed by atoms with van der Waals surface area (Å²) in [6.07, 6.45) is -1.51. The molecule has 1 heterocycles. The summed E-state index contributed by atoms with van der Waals surface area (Å²) in [4.78, 5) is 17.4. The smallest absolute Gasteiger partial charge is 0.275 e. The number of aromatic nitrogens is 2. The van der Waals surface area contributed by atoms with E-state index >= 15 is 0 Å². The topological polar surface area (TPSA) is 87.4 Å². The van der Waals surface area contributed by atoms with E-state index in [1.54, 1.807) is 17.9 Å². The van der Waals surface area contributed by atoms with E-state index in [2.05, 4.69) is 22.1 Å². The zero-order valence-corrected chi connectivity index (χ0v) is 18.5. The first kappa shape index (κ1) is 23.6. The second kappa shape index (κ2) is 9.01. The second-order valence-electron chi connectivity index (χ2n) is 8.85. The maximum atomic E-state index is 13.4. The van der Waals surface area contributed by atoms with Gasteiger partial charge in [-0.2, -0.15) is 0 Å². The monoisotopic (exact) mass is 481 g/mol. The number of halogens is 4. The summed E-state index contributed by atoms with van der Waals surface area (Å²) in [5.74, 6) is 3.72. The highest BCUT2D eigenvalue weighted by atomic mass is 35.5. The van der Waals surface area contributed by atoms with Crippen LogP contribution in [0.2, 0.25) is 5.02 Å². The molecule has 4 rings (SSSR count). The van der Waals surface area contributed by atoms with Crippen molar-refractivity contribution in [2.45, 2.75) is 49.7 Å². The molecule has 1 amide bonds. The SMILES string of the molecule is Cn1cnc(C2CC3CC(O)(C#C[C@H](O)C(F)F)CC3C2)c1C(=O)Nc1ccc(F)c(Cl)c1. The number of carbonyl (C=O) groups excluding carboxylic acids is 1. The summed E-state index contributed by atoms with van der Waals surface area (Å²) in [7, 11) is 1.71. The molecule has 10 heteroatoms. The second-order valence-corrected chi connectivity index (χ2v) is 9.26. The maximum absolute atomic E-state index is 13.4. The van der Waals surface area contributed by atoms with Gasteiger partial charge >= 0.3 is 0 Å². The Morgan fingerprint density at radius 3 is 2.61 bits per heavy atom. The molecule has 2 aromatic rings. The molecule has 0 radical (unpaired) electrons. The number of nitrogens with one attached hydrogen (secondary N) is 1. The van der Waals surface area contributed by atoms with Crippen molar-refractivity contribution in [3.8, 4) is 11.8 Å². The average Bonchev–Trinajstić information content (AvgIpc) is 3.39. The number of alkyl halides is 2. The summed E-state index contributed by atoms with van der Waals surface area (Å²) in [5.41, 5.74) is -0.0186. The first-order valence-corrected chi connectivity index (χ1v) is 10.9. The van der Waals surface area contributed by atoms with E-state index < -0.39 is 29.9 Å². The Hall–Kier alpha value is -2.54. The molecule has 3 atom stereocenters. The predicted molar refractivity (Wildman–Crippen MR) is 115 cm³/mol. The Balaban J connectivity index is 1.46. The van der Waals surface area contributed by atoms with Crippen LogP contribution in [0.15, 0.2) is 24.5 Å². The quantitative estimate of drug-likeness (QED) is 0.581. The van der Waals surface area contributed by atoms with Crippen LogP contribution in [0.1, 0.15) is 47.8 Å². The summed E-state index contributed by atoms with van der Waals surface area (Å²) in [6, 6.07) is 3.92. The Morgan fingerprint density at radius 2 is 2.00 bits per heavy atom. The lowest BCUT2D eigenvalue weighted by atomic mass is 9.92. The fourth-order valence-electron chi connectivity index (χ4n) is 5.05. The van der Waals surface area contributed by atoms with Crippen LogP contribution < -0.4 is 5.32 Å². The molecule has 2 fully saturated rings. The van der Waals surface area contributed by atoms with E-state index in [1.807, 2.05) is 0 Å². The van der Waals surface area contributed by atoms with E-state index in [4.69, 9.17) is 11.6 Å². The van der Waals surface area contributed by atoms with Crippen molar-refractivity contribution in [1.29, 1.82) is 0 Å². The average molecular weight is 482 g/mol. The molecule has 1 aromatic carbocycles. The van der Waals surface area contributed by atoms with Gasteiger partial charge in [0.2, 0.25) is 0 Å². The number of aryl methyl sites for hydroxylation is 1. The first-order chi connectivity index (χ1) is 15.6. The zero-order valence-electron chi connectivity index (χ0n) is 17.7. The van der Waals surface area contributed by atoms with E-state index in [9.17, 15) is 28.2 Å². The molecule has 2 unspecified atom stereocenters. The van der Waals surface area contributed by atoms with Gasteiger partial charge in [-0.3, -0.25) is 4.79 Å². The first-order valence-electron chi connectivity index (χ1n) is 10.5. The number of nitrogens with zero attached hydrogens (tertiary/aromatic N) is 2. The minimum Gasteiger partial charge on any atom is -0.378 e. The van der Waals surface area contributed by atoms with Crippen LogP contribution in [0.5, 0.6) is 0 Å². The summed E-state index contributed by atoms with van der Waals surface area (Å²) in [6.45, 7) is 0. The van der Waals surface area contributed by atoms with Gasteiger partial charge < -0.3 is 20.1 Å². The Labute approximate surface area is 193 Å². The number of hydrogen-bond donors (Lipinski definition) is 3. The number of hydrogen-bond acceptors (Lipinski definition) is 4. The molecule has 2 aliphatic rings. The summed E-state index contributed by atoms with van der Waals surface area (Å²) >= 11 is 5.80. The van der Waals surface area contributed by atoms with Crippen molar-refractivity contribution < 1.29 is 28.2 Å². The third-order valence-electron chi connectivity index (χ3n) is 6.48. The summed E-state index contributed by atoms with van der Waals surface area (Å²) < 4.78 is 40.0. The maximum Gasteiger partial charge on any atom is 0.275 e. The third kappa shape index (κ3) is 4.88. The molecule has 0 spiro atoms. The number of anilines is 1. The fraction of sp³-hybridized carbons (Fsp3) is 0.478. The zero-order chi connectivity index (χ0) is 23.9. The van der Waals surface area contributed by atoms with Crippen LogP contribution >= 0.6 is 11.6 Å². The van der Waals surface area contributed by atoms with Gasteiger partial charge in [-0.1, -0.05) is 23.4 Å². The largest absolute Gasteiger partial charge is 0.378 e. The predicted octanol–water partition coefficient (Wildman–Crippen LogP) is 3.73. The Morgan fingerprint density at radius 1 is 1.33 bits per heavy atom. The standard InChI is InChI=1S/C23H23ClF3N3O3/c1-30-11-28-19(20(30)22(32)29-15-2-3-17(25)16(24)8-15)12-6-13-9-23(33,10-14(13)7-12)5-4-18(31)21(26)27/h2-3,8,11-14,18,21,31,33H,6-7,9-10H2,1H3,(H,29,32)/t12?,13?,14?,18-,23?/m0/s1. The molecule has 0 aliphatic heterocycles. The van der Waals surface area contributed by atoms with Gasteiger partial charge in [0, 0.05) is 18.7 Å². The molecule has 3 N–H and O–H groups in total. The van der Waals surface area contributed by atoms with Crippen LogP contribution in [0.4, 0.5) is 18.9 Å². The van der Waals surface area contributed by atoms with Crippen LogP contribution in [0.25, 0.3) is 0 Å². The highest BCUT2D eigenvalue weighted by Crippen LogP contribution is 2.53. The number of amides is 1. The molecular weight excluding hydrogens is 459 g/mol. The van der Waals surface area contributed by atoms with Gasteiger partial charge in [-0.15, -0.1) is 0 Å². The van der Waals surface area contributed by atoms with Gasteiger partial charge in [0.15, 0.2) is 6.10 Å². The van der Waals surface area contributed by atoms with E-state index in [1.165, 1.54) is 18.2 Å². The van der Waals surface area contributed by atoms with Gasteiger partial charge in [0.25, 0.3) is 12.3 Å². The van der Waals surface area contributed by atoms with Gasteiger partial charge in [-0.25, -0.2) is 18.2 Å². The molecule has 0 bridgehead atoms. The molecule has 0 saturated heterocycles. The summed E-state index contributed by atoms with van der Waals surface area (Å²) in [5, 5.41) is 22.5. The number of carbonyl (C=O) groups is 1. The highest BCUT2D eigenvalue weighted by molar-refractivity contribution is 6.31. The third-order valence-corrected chi connectivity index (χ3v) is 6.77. The highest BCUT2D eigenvalue weighted by Gasteiger charge is 2.49. The Kier molecular flexibility index (Phi) is 6.45. The molecule has 1 aromatic heterocycles. The van der Waals surface area contributed by atoms with Crippen LogP contribution in [-0.4, -0.2) is 43.8 Å². The van der Waals surface area contributed by atoms with Crippen molar-refractivity contribution in [2.24, 2.45) is 18.9 Å². The van der Waals surface area contributed by atoms with Crippen molar-refractivity contribution in [3.63, 3.8) is 0 Å². The van der Waals surface area contributed by atoms with E-state index in [-0.39, 0.29) is 22.8 Å². The van der Waals surface area contributed by atoms with Crippen LogP contribution in [0, 0.1) is 29.5 Å². The van der Waals surface area contributed by atoms with Gasteiger partial charge in [0.1, 0.15) is 17.1 Å². The minimum absolute atomic E-state index is 0.0112. The van der Waals surface area contributed by atoms with E-state index in [0.29, 0.717) is 42.8 Å². The fourth-order valence-corrected chi connectivity index (χ4v) is 5.23. The van der Waals surface area contributed by atoms with Crippen LogP contribution in [-0.2, 0) is 7.05 Å². The minimum atomic E-state index is -2.98. The lowest BCUT2D eigenvalue weighted by Gasteiger charge is -2.19. The number of aliphatic hydroxyl groups is 2. The molecule has 176 valence electrons. The molecule has 2 aliphatic carbocycles. The number of aliphatic hydroxyl groups excluding tert-OH is 1. The number of fused-ring (bicyclic) bond motifs is 1. The molecule has 6 nitrogen and oxygen atoms in total. The lowest BCUT2D eigenvalue weighted by molar-refractivity contribution is 0.0287. The molecule has 33 heavy (non-hydrogen) atoms. The number of benzene rings is 1. The normalized spacial score (nSPS) is 27.2. The van der Waals surface area contributed by atoms with E-state index in [0.717, 1.165) is 0 Å². The lowest BCUT2D eigenvalue weighted by Crippen LogP contribution is -2.25. The van der Waals surface area contributed by atoms with Crippen molar-refractivity contribution >= 4 is 23.2 Å². The van der Waals surface area contributed by atoms with Crippen molar-refractivity contribution in [2.75, 3.05) is 5.32 Å². The molecule has 2 saturated carbocycles. The van der Waals surface area contributed by atoms with Gasteiger partial charge in [0.05, 0.1) is 17.0 Å². The Bertz CT molecular complexity index is 1110.